The third kappa shape index (κ3) is 6.08. The molecule has 8 nitrogen and oxygen atoms in total. The number of hydrogen-bond acceptors (Lipinski definition) is 8. The maximum Gasteiger partial charge on any atom is 0.306 e. The van der Waals surface area contributed by atoms with Crippen LogP contribution in [0.3, 0.4) is 0 Å². The topological polar surface area (TPSA) is 111 Å². The minimum atomic E-state index is -0.525. The Hall–Kier alpha value is -3.33. The van der Waals surface area contributed by atoms with Crippen LogP contribution < -0.4 is 5.32 Å². The lowest BCUT2D eigenvalue weighted by atomic mass is 10.1. The summed E-state index contributed by atoms with van der Waals surface area (Å²) in [6, 6.07) is 10.2. The van der Waals surface area contributed by atoms with Crippen LogP contribution in [0.4, 0.5) is 5.69 Å². The van der Waals surface area contributed by atoms with E-state index in [0.717, 1.165) is 11.3 Å². The minimum Gasteiger partial charge on any atom is -0.457 e. The molecule has 0 spiro atoms. The highest BCUT2D eigenvalue weighted by molar-refractivity contribution is 7.13. The van der Waals surface area contributed by atoms with Gasteiger partial charge in [0.15, 0.2) is 12.4 Å². The van der Waals surface area contributed by atoms with E-state index in [1.54, 1.807) is 24.3 Å². The number of ether oxygens (including phenoxy) is 1. The van der Waals surface area contributed by atoms with E-state index in [4.69, 9.17) is 9.26 Å². The van der Waals surface area contributed by atoms with Crippen molar-refractivity contribution in [2.45, 2.75) is 32.6 Å². The van der Waals surface area contributed by atoms with Crippen molar-refractivity contribution in [3.63, 3.8) is 0 Å². The van der Waals surface area contributed by atoms with Gasteiger partial charge in [0, 0.05) is 24.1 Å². The van der Waals surface area contributed by atoms with E-state index in [1.807, 2.05) is 24.4 Å². The highest BCUT2D eigenvalue weighted by Gasteiger charge is 2.14. The van der Waals surface area contributed by atoms with Crippen molar-refractivity contribution in [1.29, 1.82) is 0 Å². The van der Waals surface area contributed by atoms with Crippen molar-refractivity contribution in [3.8, 4) is 10.7 Å². The summed E-state index contributed by atoms with van der Waals surface area (Å²) in [4.78, 5) is 40.8. The number of ketones is 1. The maximum atomic E-state index is 12.2. The van der Waals surface area contributed by atoms with Crippen molar-refractivity contribution < 1.29 is 23.6 Å². The van der Waals surface area contributed by atoms with Crippen molar-refractivity contribution >= 4 is 34.7 Å². The molecule has 156 valence electrons. The lowest BCUT2D eigenvalue weighted by molar-refractivity contribution is -0.142. The highest BCUT2D eigenvalue weighted by atomic mass is 32.1. The third-order valence-electron chi connectivity index (χ3n) is 4.08. The first-order valence-electron chi connectivity index (χ1n) is 9.50. The van der Waals surface area contributed by atoms with Gasteiger partial charge in [-0.2, -0.15) is 4.98 Å². The van der Waals surface area contributed by atoms with Crippen LogP contribution in [0.1, 0.15) is 42.4 Å². The van der Waals surface area contributed by atoms with Gasteiger partial charge in [-0.3, -0.25) is 14.4 Å². The number of nitrogens with one attached hydrogen (secondary N) is 1. The van der Waals surface area contributed by atoms with Gasteiger partial charge < -0.3 is 14.6 Å². The Morgan fingerprint density at radius 1 is 1.13 bits per heavy atom. The summed E-state index contributed by atoms with van der Waals surface area (Å²) < 4.78 is 10.2. The monoisotopic (exact) mass is 427 g/mol. The summed E-state index contributed by atoms with van der Waals surface area (Å²) in [5.41, 5.74) is 1.01. The average molecular weight is 427 g/mol. The molecule has 3 rings (SSSR count). The molecule has 0 unspecified atom stereocenters. The third-order valence-corrected chi connectivity index (χ3v) is 4.95. The van der Waals surface area contributed by atoms with Crippen molar-refractivity contribution in [2.75, 3.05) is 11.9 Å². The molecular weight excluding hydrogens is 406 g/mol. The van der Waals surface area contributed by atoms with Crippen LogP contribution in [-0.2, 0) is 20.7 Å². The van der Waals surface area contributed by atoms with E-state index in [0.29, 0.717) is 29.4 Å². The predicted molar refractivity (Wildman–Crippen MR) is 111 cm³/mol. The van der Waals surface area contributed by atoms with E-state index in [1.165, 1.54) is 11.3 Å². The fourth-order valence-electron chi connectivity index (χ4n) is 2.56. The molecule has 1 amide bonds. The second-order valence-corrected chi connectivity index (χ2v) is 7.40. The lowest BCUT2D eigenvalue weighted by Gasteiger charge is -2.06. The fraction of sp³-hybridized carbons (Fsp3) is 0.286. The van der Waals surface area contributed by atoms with Crippen LogP contribution in [-0.4, -0.2) is 34.4 Å². The van der Waals surface area contributed by atoms with Gasteiger partial charge in [-0.1, -0.05) is 18.1 Å². The number of rotatable bonds is 10. The molecule has 0 bridgehead atoms. The zero-order chi connectivity index (χ0) is 21.3. The number of aromatic nitrogens is 2. The standard InChI is InChI=1S/C21H21N3O5S/c1-2-4-18(26)22-15-8-6-14(7-9-15)16(25)13-28-20(27)11-10-19-23-21(24-29-19)17-5-3-12-30-17/h3,5-9,12H,2,4,10-11,13H2,1H3,(H,22,26). The summed E-state index contributed by atoms with van der Waals surface area (Å²) in [5.74, 6) is -0.107. The first-order valence-corrected chi connectivity index (χ1v) is 10.4. The number of carbonyl (C=O) groups is 3. The zero-order valence-electron chi connectivity index (χ0n) is 16.4. The van der Waals surface area contributed by atoms with Gasteiger partial charge in [0.25, 0.3) is 0 Å². The van der Waals surface area contributed by atoms with E-state index in [9.17, 15) is 14.4 Å². The van der Waals surface area contributed by atoms with Gasteiger partial charge in [-0.05, 0) is 42.1 Å². The molecule has 1 aromatic carbocycles. The van der Waals surface area contributed by atoms with E-state index in [-0.39, 0.29) is 31.1 Å². The van der Waals surface area contributed by atoms with Crippen LogP contribution in [0.15, 0.2) is 46.3 Å². The Labute approximate surface area is 177 Å². The number of amides is 1. The molecule has 0 atom stereocenters. The molecule has 0 aliphatic carbocycles. The number of aryl methyl sites for hydroxylation is 1. The quantitative estimate of drug-likeness (QED) is 0.386. The lowest BCUT2D eigenvalue weighted by Crippen LogP contribution is -2.15. The minimum absolute atomic E-state index is 0.0295. The van der Waals surface area contributed by atoms with E-state index < -0.39 is 5.97 Å². The molecule has 2 aromatic heterocycles. The summed E-state index contributed by atoms with van der Waals surface area (Å²) in [7, 11) is 0. The Morgan fingerprint density at radius 2 is 1.93 bits per heavy atom. The molecule has 2 heterocycles. The largest absolute Gasteiger partial charge is 0.457 e. The summed E-state index contributed by atoms with van der Waals surface area (Å²) in [5, 5.41) is 8.54. The van der Waals surface area contributed by atoms with E-state index >= 15 is 0 Å². The number of anilines is 1. The van der Waals surface area contributed by atoms with Gasteiger partial charge in [-0.15, -0.1) is 11.3 Å². The highest BCUT2D eigenvalue weighted by Crippen LogP contribution is 2.21. The van der Waals surface area contributed by atoms with Gasteiger partial charge in [0.2, 0.25) is 17.6 Å². The van der Waals surface area contributed by atoms with Crippen LogP contribution in [0.2, 0.25) is 0 Å². The number of thiophene rings is 1. The molecule has 9 heteroatoms. The summed E-state index contributed by atoms with van der Waals surface area (Å²) in [6.45, 7) is 1.57. The van der Waals surface area contributed by atoms with Crippen LogP contribution in [0, 0.1) is 0 Å². The summed E-state index contributed by atoms with van der Waals surface area (Å²) >= 11 is 1.49. The Morgan fingerprint density at radius 3 is 2.63 bits per heavy atom. The number of nitrogens with zero attached hydrogens (tertiary/aromatic N) is 2. The first-order chi connectivity index (χ1) is 14.5. The van der Waals surface area contributed by atoms with Crippen molar-refractivity contribution in [1.82, 2.24) is 10.1 Å². The molecular formula is C21H21N3O5S. The van der Waals surface area contributed by atoms with Crippen LogP contribution in [0.25, 0.3) is 10.7 Å². The molecule has 30 heavy (non-hydrogen) atoms. The van der Waals surface area contributed by atoms with Crippen LogP contribution >= 0.6 is 11.3 Å². The smallest absolute Gasteiger partial charge is 0.306 e. The molecule has 0 saturated carbocycles. The molecule has 0 aliphatic heterocycles. The SMILES string of the molecule is CCCC(=O)Nc1ccc(C(=O)COC(=O)CCc2nc(-c3cccs3)no2)cc1. The number of benzene rings is 1. The molecule has 0 aliphatic rings. The Kier molecular flexibility index (Phi) is 7.45. The van der Waals surface area contributed by atoms with Crippen LogP contribution in [0.5, 0.6) is 0 Å². The Balaban J connectivity index is 1.42. The molecule has 0 radical (unpaired) electrons. The van der Waals surface area contributed by atoms with E-state index in [2.05, 4.69) is 15.5 Å². The zero-order valence-corrected chi connectivity index (χ0v) is 17.2. The second kappa shape index (κ2) is 10.4. The number of Topliss-reactive ketones (excluding diaryl/α,β-unsaturated/α-hetero) is 1. The van der Waals surface area contributed by atoms with Gasteiger partial charge in [0.1, 0.15) is 0 Å². The predicted octanol–water partition coefficient (Wildman–Crippen LogP) is 3.90. The van der Waals surface area contributed by atoms with Gasteiger partial charge in [-0.25, -0.2) is 0 Å². The van der Waals surface area contributed by atoms with Gasteiger partial charge >= 0.3 is 5.97 Å². The second-order valence-electron chi connectivity index (χ2n) is 6.45. The number of esters is 1. The maximum absolute atomic E-state index is 12.2. The molecule has 1 N–H and O–H groups in total. The Bertz CT molecular complexity index is 996. The fourth-order valence-corrected chi connectivity index (χ4v) is 3.21. The molecule has 0 saturated heterocycles. The van der Waals surface area contributed by atoms with Crippen molar-refractivity contribution in [2.24, 2.45) is 0 Å². The average Bonchev–Trinajstić information content (AvgIpc) is 3.43. The molecule has 3 aromatic rings. The van der Waals surface area contributed by atoms with Crippen molar-refractivity contribution in [3.05, 3.63) is 53.2 Å². The number of carbonyl (C=O) groups excluding carboxylic acids is 3. The molecule has 0 fully saturated rings. The summed E-state index contributed by atoms with van der Waals surface area (Å²) in [6.07, 6.45) is 1.46. The first kappa shape index (κ1) is 21.4. The van der Waals surface area contributed by atoms with Gasteiger partial charge in [0.05, 0.1) is 11.3 Å². The normalized spacial score (nSPS) is 10.6. The number of hydrogen-bond donors (Lipinski definition) is 1.